The molecule has 4 aromatic rings. The van der Waals surface area contributed by atoms with Crippen LogP contribution >= 0.6 is 23.2 Å². The van der Waals surface area contributed by atoms with Gasteiger partial charge in [-0.3, -0.25) is 4.79 Å². The first-order chi connectivity index (χ1) is 21.0. The molecule has 5 rings (SSSR count). The highest BCUT2D eigenvalue weighted by Crippen LogP contribution is 2.34. The molecule has 0 saturated heterocycles. The summed E-state index contributed by atoms with van der Waals surface area (Å²) >= 11 is 12.4. The number of carbonyl (C=O) groups is 1. The van der Waals surface area contributed by atoms with Gasteiger partial charge in [0.25, 0.3) is 5.91 Å². The van der Waals surface area contributed by atoms with E-state index in [1.54, 1.807) is 48.5 Å². The second-order valence-corrected chi connectivity index (χ2v) is 13.8. The number of anilines is 1. The molecule has 0 aromatic heterocycles. The van der Waals surface area contributed by atoms with E-state index in [9.17, 15) is 17.8 Å². The van der Waals surface area contributed by atoms with Crippen LogP contribution in [0.15, 0.2) is 89.8 Å². The standard InChI is InChI=1S/C33H32Cl2F2N4O2S/c34-26-17-30(35)32(38)31(18-26)44(39,43)40(20-23-7-13-27(36)14-8-23)19-22-5-11-25(12-6-22)33(42)41(29-3-1-2-4-29)21-24-9-15-28(37)16-10-24/h5-18,29,39H,1-4,19-21,38H2. The minimum atomic E-state index is -3.73. The average Bonchev–Trinajstić information content (AvgIpc) is 3.54. The zero-order chi connectivity index (χ0) is 31.4. The van der Waals surface area contributed by atoms with Gasteiger partial charge in [0, 0.05) is 36.3 Å². The number of nitrogen functional groups attached to an aromatic ring is 1. The molecule has 1 saturated carbocycles. The molecule has 0 heterocycles. The number of hydrogen-bond donors (Lipinski definition) is 2. The number of rotatable bonds is 10. The molecule has 1 aliphatic carbocycles. The summed E-state index contributed by atoms with van der Waals surface area (Å²) in [4.78, 5) is 15.6. The molecule has 1 amide bonds. The van der Waals surface area contributed by atoms with E-state index in [-0.39, 0.29) is 51.5 Å². The highest BCUT2D eigenvalue weighted by Gasteiger charge is 2.29. The topological polar surface area (TPSA) is 90.5 Å². The minimum absolute atomic E-state index is 0.00530. The predicted molar refractivity (Wildman–Crippen MR) is 171 cm³/mol. The van der Waals surface area contributed by atoms with Gasteiger partial charge in [-0.2, -0.15) is 0 Å². The fourth-order valence-electron chi connectivity index (χ4n) is 5.45. The van der Waals surface area contributed by atoms with Crippen molar-refractivity contribution in [2.75, 3.05) is 5.73 Å². The summed E-state index contributed by atoms with van der Waals surface area (Å²) in [6.07, 6.45) is 3.93. The molecule has 11 heteroatoms. The molecular formula is C33H32Cl2F2N4O2S. The third-order valence-corrected chi connectivity index (χ3v) is 10.3. The Morgan fingerprint density at radius 2 is 1.30 bits per heavy atom. The van der Waals surface area contributed by atoms with Gasteiger partial charge in [-0.1, -0.05) is 72.4 Å². The maximum absolute atomic E-state index is 14.1. The molecular weight excluding hydrogens is 625 g/mol. The Morgan fingerprint density at radius 3 is 1.82 bits per heavy atom. The second-order valence-electron chi connectivity index (χ2n) is 10.9. The highest BCUT2D eigenvalue weighted by atomic mass is 35.5. The van der Waals surface area contributed by atoms with Crippen LogP contribution in [0.5, 0.6) is 0 Å². The zero-order valence-electron chi connectivity index (χ0n) is 23.8. The predicted octanol–water partition coefficient (Wildman–Crippen LogP) is 8.46. The van der Waals surface area contributed by atoms with Crippen molar-refractivity contribution in [3.8, 4) is 0 Å². The summed E-state index contributed by atoms with van der Waals surface area (Å²) < 4.78 is 51.6. The summed E-state index contributed by atoms with van der Waals surface area (Å²) in [6, 6.07) is 21.8. The molecule has 1 unspecified atom stereocenters. The van der Waals surface area contributed by atoms with Gasteiger partial charge in [-0.25, -0.2) is 22.1 Å². The molecule has 3 N–H and O–H groups in total. The van der Waals surface area contributed by atoms with Crippen LogP contribution in [-0.2, 0) is 29.5 Å². The van der Waals surface area contributed by atoms with E-state index in [4.69, 9.17) is 33.7 Å². The van der Waals surface area contributed by atoms with Crippen LogP contribution in [0.3, 0.4) is 0 Å². The molecule has 1 atom stereocenters. The first kappa shape index (κ1) is 31.9. The van der Waals surface area contributed by atoms with Gasteiger partial charge in [0.1, 0.15) is 21.5 Å². The molecule has 0 spiro atoms. The maximum atomic E-state index is 14.1. The molecule has 1 fully saturated rings. The molecule has 0 aliphatic heterocycles. The third-order valence-electron chi connectivity index (χ3n) is 7.84. The van der Waals surface area contributed by atoms with Crippen molar-refractivity contribution in [1.82, 2.24) is 9.21 Å². The minimum Gasteiger partial charge on any atom is -0.396 e. The summed E-state index contributed by atoms with van der Waals surface area (Å²) in [5, 5.41) is 0.278. The van der Waals surface area contributed by atoms with Crippen molar-refractivity contribution in [2.24, 2.45) is 0 Å². The lowest BCUT2D eigenvalue weighted by molar-refractivity contribution is 0.0664. The molecule has 6 nitrogen and oxygen atoms in total. The van der Waals surface area contributed by atoms with Gasteiger partial charge in [0.05, 0.1) is 15.6 Å². The molecule has 0 bridgehead atoms. The fourth-order valence-corrected chi connectivity index (χ4v) is 7.70. The summed E-state index contributed by atoms with van der Waals surface area (Å²) in [7, 11) is -3.73. The number of carbonyl (C=O) groups excluding carboxylic acids is 1. The van der Waals surface area contributed by atoms with Gasteiger partial charge >= 0.3 is 0 Å². The first-order valence-electron chi connectivity index (χ1n) is 14.2. The zero-order valence-corrected chi connectivity index (χ0v) is 26.1. The van der Waals surface area contributed by atoms with Crippen LogP contribution < -0.4 is 5.73 Å². The van der Waals surface area contributed by atoms with Gasteiger partial charge < -0.3 is 10.6 Å². The van der Waals surface area contributed by atoms with E-state index >= 15 is 0 Å². The van der Waals surface area contributed by atoms with E-state index in [0.717, 1.165) is 31.2 Å². The normalized spacial score (nSPS) is 14.9. The van der Waals surface area contributed by atoms with E-state index < -0.39 is 15.7 Å². The number of halogens is 4. The summed E-state index contributed by atoms with van der Waals surface area (Å²) in [5.41, 5.74) is 8.82. The van der Waals surface area contributed by atoms with E-state index in [1.165, 1.54) is 40.7 Å². The van der Waals surface area contributed by atoms with Crippen LogP contribution in [0.1, 0.15) is 52.7 Å². The molecule has 4 aromatic carbocycles. The van der Waals surface area contributed by atoms with Crippen molar-refractivity contribution >= 4 is 44.7 Å². The van der Waals surface area contributed by atoms with Crippen molar-refractivity contribution in [2.45, 2.75) is 56.3 Å². The van der Waals surface area contributed by atoms with Crippen molar-refractivity contribution < 1.29 is 17.8 Å². The largest absolute Gasteiger partial charge is 0.396 e. The number of amides is 1. The monoisotopic (exact) mass is 656 g/mol. The Hall–Kier alpha value is -3.50. The smallest absolute Gasteiger partial charge is 0.254 e. The Morgan fingerprint density at radius 1 is 0.818 bits per heavy atom. The third kappa shape index (κ3) is 7.41. The van der Waals surface area contributed by atoms with Crippen LogP contribution in [0.2, 0.25) is 10.0 Å². The number of nitrogens with one attached hydrogen (secondary N) is 1. The first-order valence-corrected chi connectivity index (χ1v) is 16.5. The fraction of sp³-hybridized carbons (Fsp3) is 0.242. The molecule has 1 aliphatic rings. The summed E-state index contributed by atoms with van der Waals surface area (Å²) in [6.45, 7) is 0.473. The van der Waals surface area contributed by atoms with Crippen molar-refractivity contribution in [3.63, 3.8) is 0 Å². The maximum Gasteiger partial charge on any atom is 0.254 e. The number of hydrogen-bond acceptors (Lipinski definition) is 4. The van der Waals surface area contributed by atoms with Crippen LogP contribution in [0.25, 0.3) is 0 Å². The van der Waals surface area contributed by atoms with Gasteiger partial charge in [0.2, 0.25) is 0 Å². The lowest BCUT2D eigenvalue weighted by atomic mass is 10.1. The molecule has 44 heavy (non-hydrogen) atoms. The van der Waals surface area contributed by atoms with Crippen LogP contribution in [0, 0.1) is 16.4 Å². The second kappa shape index (κ2) is 13.6. The van der Waals surface area contributed by atoms with E-state index in [2.05, 4.69) is 0 Å². The Balaban J connectivity index is 1.42. The lowest BCUT2D eigenvalue weighted by Crippen LogP contribution is -2.38. The number of nitrogens with zero attached hydrogens (tertiary/aromatic N) is 2. The molecule has 0 radical (unpaired) electrons. The summed E-state index contributed by atoms with van der Waals surface area (Å²) in [5.74, 6) is -0.861. The highest BCUT2D eigenvalue weighted by molar-refractivity contribution is 7.90. The Labute approximate surface area is 266 Å². The van der Waals surface area contributed by atoms with E-state index in [1.807, 2.05) is 4.90 Å². The van der Waals surface area contributed by atoms with Crippen LogP contribution in [0.4, 0.5) is 14.5 Å². The van der Waals surface area contributed by atoms with Gasteiger partial charge in [0.15, 0.2) is 0 Å². The lowest BCUT2D eigenvalue weighted by Gasteiger charge is -2.29. The quantitative estimate of drug-likeness (QED) is 0.168. The van der Waals surface area contributed by atoms with Crippen molar-refractivity contribution in [1.29, 1.82) is 4.78 Å². The van der Waals surface area contributed by atoms with Crippen molar-refractivity contribution in [3.05, 3.63) is 129 Å². The van der Waals surface area contributed by atoms with Crippen LogP contribution in [-0.4, -0.2) is 25.4 Å². The molecule has 230 valence electrons. The van der Waals surface area contributed by atoms with E-state index in [0.29, 0.717) is 23.2 Å². The number of nitrogens with two attached hydrogens (primary N) is 1. The Kier molecular flexibility index (Phi) is 9.90. The number of benzene rings is 4. The van der Waals surface area contributed by atoms with Gasteiger partial charge in [-0.05, 0) is 78.1 Å². The SMILES string of the molecule is N=S(=O)(c1cc(Cl)cc(Cl)c1N)N(Cc1ccc(F)cc1)Cc1ccc(C(=O)N(Cc2ccc(F)cc2)C2CCCC2)cc1. The average molecular weight is 658 g/mol. The van der Waals surface area contributed by atoms with Gasteiger partial charge in [-0.15, -0.1) is 0 Å². The Bertz CT molecular complexity index is 1730.